The lowest BCUT2D eigenvalue weighted by Crippen LogP contribution is -2.01. The highest BCUT2D eigenvalue weighted by Crippen LogP contribution is 2.38. The number of hydrogen-bond acceptors (Lipinski definition) is 6. The fourth-order valence-electron chi connectivity index (χ4n) is 2.34. The van der Waals surface area contributed by atoms with Crippen molar-refractivity contribution in [3.05, 3.63) is 59.2 Å². The molecule has 0 aliphatic carbocycles. The van der Waals surface area contributed by atoms with Crippen LogP contribution in [-0.4, -0.2) is 40.2 Å². The van der Waals surface area contributed by atoms with Crippen LogP contribution in [0.5, 0.6) is 17.2 Å². The first-order chi connectivity index (χ1) is 12.5. The second-order valence-electron chi connectivity index (χ2n) is 5.23. The van der Waals surface area contributed by atoms with Crippen molar-refractivity contribution in [2.24, 2.45) is 0 Å². The van der Waals surface area contributed by atoms with E-state index in [0.717, 1.165) is 5.56 Å². The maximum absolute atomic E-state index is 12.5. The van der Waals surface area contributed by atoms with Gasteiger partial charge in [0.25, 0.3) is 0 Å². The molecular formula is C20H20O6. The molecule has 0 aliphatic rings. The third-order valence-electron chi connectivity index (χ3n) is 3.71. The summed E-state index contributed by atoms with van der Waals surface area (Å²) in [7, 11) is 5.81. The number of rotatable bonds is 7. The molecule has 0 radical (unpaired) electrons. The van der Waals surface area contributed by atoms with E-state index in [1.165, 1.54) is 34.5 Å². The molecule has 26 heavy (non-hydrogen) atoms. The molecule has 2 rings (SSSR count). The zero-order chi connectivity index (χ0) is 19.1. The Balaban J connectivity index is 2.24. The summed E-state index contributed by atoms with van der Waals surface area (Å²) in [6.07, 6.45) is 3.10. The Bertz CT molecular complexity index is 796. The maximum atomic E-state index is 12.5. The van der Waals surface area contributed by atoms with E-state index in [4.69, 9.17) is 14.2 Å². The topological polar surface area (TPSA) is 71.1 Å². The van der Waals surface area contributed by atoms with E-state index < -0.39 is 5.97 Å². The number of methoxy groups -OCH3 is 4. The first-order valence-electron chi connectivity index (χ1n) is 7.74. The molecule has 0 fully saturated rings. The minimum absolute atomic E-state index is 0.221. The summed E-state index contributed by atoms with van der Waals surface area (Å²) in [5, 5.41) is 0. The van der Waals surface area contributed by atoms with Crippen molar-refractivity contribution in [1.82, 2.24) is 0 Å². The van der Waals surface area contributed by atoms with Gasteiger partial charge in [-0.2, -0.15) is 0 Å². The molecule has 0 amide bonds. The third-order valence-corrected chi connectivity index (χ3v) is 3.71. The van der Waals surface area contributed by atoms with Crippen LogP contribution in [0, 0.1) is 0 Å². The lowest BCUT2D eigenvalue weighted by atomic mass is 10.1. The Morgan fingerprint density at radius 3 is 1.85 bits per heavy atom. The number of benzene rings is 2. The fourth-order valence-corrected chi connectivity index (χ4v) is 2.34. The average molecular weight is 356 g/mol. The van der Waals surface area contributed by atoms with E-state index in [0.29, 0.717) is 28.4 Å². The van der Waals surface area contributed by atoms with Gasteiger partial charge in [0.1, 0.15) is 0 Å². The van der Waals surface area contributed by atoms with Gasteiger partial charge in [-0.15, -0.1) is 0 Å². The molecule has 0 heterocycles. The highest BCUT2D eigenvalue weighted by molar-refractivity contribution is 6.07. The predicted octanol–water partition coefficient (Wildman–Crippen LogP) is 3.40. The van der Waals surface area contributed by atoms with Gasteiger partial charge in [-0.1, -0.05) is 18.2 Å². The minimum Gasteiger partial charge on any atom is -0.493 e. The van der Waals surface area contributed by atoms with E-state index in [1.54, 1.807) is 42.5 Å². The number of hydrogen-bond donors (Lipinski definition) is 0. The number of esters is 1. The van der Waals surface area contributed by atoms with E-state index in [1.807, 2.05) is 0 Å². The van der Waals surface area contributed by atoms with Gasteiger partial charge in [0.15, 0.2) is 17.3 Å². The number of ketones is 1. The summed E-state index contributed by atoms with van der Waals surface area (Å²) in [6.45, 7) is 0. The molecule has 0 N–H and O–H groups in total. The smallest absolute Gasteiger partial charge is 0.337 e. The molecule has 2 aromatic rings. The monoisotopic (exact) mass is 356 g/mol. The predicted molar refractivity (Wildman–Crippen MR) is 97.2 cm³/mol. The number of ether oxygens (including phenoxy) is 4. The van der Waals surface area contributed by atoms with Crippen LogP contribution in [0.2, 0.25) is 0 Å². The zero-order valence-corrected chi connectivity index (χ0v) is 15.1. The molecule has 0 atom stereocenters. The summed E-state index contributed by atoms with van der Waals surface area (Å²) in [5.41, 5.74) is 1.63. The zero-order valence-electron chi connectivity index (χ0n) is 15.1. The van der Waals surface area contributed by atoms with Gasteiger partial charge >= 0.3 is 5.97 Å². The van der Waals surface area contributed by atoms with Crippen LogP contribution in [0.25, 0.3) is 6.08 Å². The molecule has 0 spiro atoms. The van der Waals surface area contributed by atoms with Gasteiger partial charge in [-0.05, 0) is 35.9 Å². The highest BCUT2D eigenvalue weighted by atomic mass is 16.5. The molecule has 0 aliphatic heterocycles. The summed E-state index contributed by atoms with van der Waals surface area (Å²) in [5.74, 6) is 0.612. The normalized spacial score (nSPS) is 10.5. The maximum Gasteiger partial charge on any atom is 0.337 e. The molecule has 0 saturated carbocycles. The Hall–Kier alpha value is -3.28. The Kier molecular flexibility index (Phi) is 6.38. The van der Waals surface area contributed by atoms with Crippen LogP contribution in [-0.2, 0) is 4.74 Å². The first-order valence-corrected chi connectivity index (χ1v) is 7.74. The lowest BCUT2D eigenvalue weighted by molar-refractivity contribution is 0.0600. The summed E-state index contributed by atoms with van der Waals surface area (Å²) < 4.78 is 20.4. The van der Waals surface area contributed by atoms with E-state index in [9.17, 15) is 9.59 Å². The van der Waals surface area contributed by atoms with Crippen LogP contribution < -0.4 is 14.2 Å². The lowest BCUT2D eigenvalue weighted by Gasteiger charge is -2.13. The molecule has 0 aromatic heterocycles. The second kappa shape index (κ2) is 8.71. The molecule has 0 bridgehead atoms. The molecular weight excluding hydrogens is 336 g/mol. The van der Waals surface area contributed by atoms with Gasteiger partial charge in [-0.25, -0.2) is 4.79 Å². The summed E-state index contributed by atoms with van der Waals surface area (Å²) in [6, 6.07) is 9.91. The van der Waals surface area contributed by atoms with Gasteiger partial charge in [0.2, 0.25) is 5.75 Å². The van der Waals surface area contributed by atoms with Crippen molar-refractivity contribution in [3.63, 3.8) is 0 Å². The molecule has 6 heteroatoms. The molecule has 0 saturated heterocycles. The SMILES string of the molecule is COC(=O)c1ccc(C=CC(=O)c2cc(OC)c(OC)c(OC)c2)cc1. The first kappa shape index (κ1) is 19.1. The minimum atomic E-state index is -0.408. The average Bonchev–Trinajstić information content (AvgIpc) is 2.70. The molecule has 136 valence electrons. The Labute approximate surface area is 151 Å². The fraction of sp³-hybridized carbons (Fsp3) is 0.200. The van der Waals surface area contributed by atoms with Crippen LogP contribution in [0.3, 0.4) is 0 Å². The van der Waals surface area contributed by atoms with E-state index in [2.05, 4.69) is 4.74 Å². The van der Waals surface area contributed by atoms with Crippen LogP contribution in [0.1, 0.15) is 26.3 Å². The largest absolute Gasteiger partial charge is 0.493 e. The van der Waals surface area contributed by atoms with Gasteiger partial charge in [-0.3, -0.25) is 4.79 Å². The van der Waals surface area contributed by atoms with Crippen molar-refractivity contribution in [3.8, 4) is 17.2 Å². The van der Waals surface area contributed by atoms with Crippen molar-refractivity contribution >= 4 is 17.8 Å². The van der Waals surface area contributed by atoms with E-state index >= 15 is 0 Å². The van der Waals surface area contributed by atoms with Crippen molar-refractivity contribution in [1.29, 1.82) is 0 Å². The quantitative estimate of drug-likeness (QED) is 0.430. The Morgan fingerprint density at radius 1 is 0.808 bits per heavy atom. The number of carbonyl (C=O) groups excluding carboxylic acids is 2. The van der Waals surface area contributed by atoms with Crippen molar-refractivity contribution < 1.29 is 28.5 Å². The Morgan fingerprint density at radius 2 is 1.38 bits per heavy atom. The van der Waals surface area contributed by atoms with Crippen molar-refractivity contribution in [2.45, 2.75) is 0 Å². The second-order valence-corrected chi connectivity index (χ2v) is 5.23. The van der Waals surface area contributed by atoms with Crippen LogP contribution >= 0.6 is 0 Å². The summed E-state index contributed by atoms with van der Waals surface area (Å²) >= 11 is 0. The molecule has 6 nitrogen and oxygen atoms in total. The standard InChI is InChI=1S/C20H20O6/c1-23-17-11-15(12-18(24-2)19(17)25-3)16(21)10-7-13-5-8-14(9-6-13)20(22)26-4/h5-12H,1-4H3. The number of allylic oxidation sites excluding steroid dienone is 1. The van der Waals surface area contributed by atoms with E-state index in [-0.39, 0.29) is 5.78 Å². The number of carbonyl (C=O) groups is 2. The highest BCUT2D eigenvalue weighted by Gasteiger charge is 2.15. The molecule has 0 unspecified atom stereocenters. The van der Waals surface area contributed by atoms with Gasteiger partial charge in [0.05, 0.1) is 34.0 Å². The third kappa shape index (κ3) is 4.22. The van der Waals surface area contributed by atoms with Gasteiger partial charge in [0, 0.05) is 5.56 Å². The molecule has 2 aromatic carbocycles. The van der Waals surface area contributed by atoms with Gasteiger partial charge < -0.3 is 18.9 Å². The van der Waals surface area contributed by atoms with Crippen LogP contribution in [0.4, 0.5) is 0 Å². The van der Waals surface area contributed by atoms with Crippen LogP contribution in [0.15, 0.2) is 42.5 Å². The van der Waals surface area contributed by atoms with Crippen molar-refractivity contribution in [2.75, 3.05) is 28.4 Å². The summed E-state index contributed by atoms with van der Waals surface area (Å²) in [4.78, 5) is 23.9.